The van der Waals surface area contributed by atoms with Crippen molar-refractivity contribution in [3.05, 3.63) is 41.8 Å². The van der Waals surface area contributed by atoms with Crippen molar-refractivity contribution in [3.8, 4) is 5.88 Å². The number of halogens is 1. The Morgan fingerprint density at radius 3 is 2.60 bits per heavy atom. The standard InChI is InChI=1S/C12H12FN3O3S/c1-8-7-11(19-2)15-12(14-8)16-20(17,18)10-6-4-3-5-9(10)13/h3-7H,1-2H3,(H,14,15,16). The number of methoxy groups -OCH3 is 1. The Hall–Kier alpha value is -2.22. The fourth-order valence-electron chi connectivity index (χ4n) is 1.53. The Kier molecular flexibility index (Phi) is 3.84. The predicted molar refractivity (Wildman–Crippen MR) is 70.5 cm³/mol. The minimum absolute atomic E-state index is 0.176. The van der Waals surface area contributed by atoms with E-state index in [9.17, 15) is 12.8 Å². The minimum Gasteiger partial charge on any atom is -0.481 e. The van der Waals surface area contributed by atoms with Gasteiger partial charge < -0.3 is 4.74 Å². The summed E-state index contributed by atoms with van der Waals surface area (Å²) in [5.74, 6) is -0.812. The number of aromatic nitrogens is 2. The molecule has 0 unspecified atom stereocenters. The van der Waals surface area contributed by atoms with Crippen LogP contribution >= 0.6 is 0 Å². The van der Waals surface area contributed by atoms with Gasteiger partial charge in [0.1, 0.15) is 10.7 Å². The molecule has 0 spiro atoms. The van der Waals surface area contributed by atoms with Crippen LogP contribution in [0.25, 0.3) is 0 Å². The highest BCUT2D eigenvalue weighted by Crippen LogP contribution is 2.18. The maximum absolute atomic E-state index is 13.5. The number of nitrogens with one attached hydrogen (secondary N) is 1. The predicted octanol–water partition coefficient (Wildman–Crippen LogP) is 1.73. The second-order valence-corrected chi connectivity index (χ2v) is 5.56. The second-order valence-electron chi connectivity index (χ2n) is 3.91. The summed E-state index contributed by atoms with van der Waals surface area (Å²) in [6.45, 7) is 1.66. The van der Waals surface area contributed by atoms with Gasteiger partial charge in [-0.05, 0) is 19.1 Å². The van der Waals surface area contributed by atoms with Gasteiger partial charge in [-0.2, -0.15) is 4.98 Å². The van der Waals surface area contributed by atoms with E-state index in [2.05, 4.69) is 14.7 Å². The highest BCUT2D eigenvalue weighted by Gasteiger charge is 2.20. The molecular weight excluding hydrogens is 285 g/mol. The topological polar surface area (TPSA) is 81.2 Å². The summed E-state index contributed by atoms with van der Waals surface area (Å²) in [4.78, 5) is 7.30. The van der Waals surface area contributed by atoms with Gasteiger partial charge in [0.2, 0.25) is 11.8 Å². The van der Waals surface area contributed by atoms with Crippen LogP contribution in [0.3, 0.4) is 0 Å². The Balaban J connectivity index is 2.38. The average Bonchev–Trinajstić information content (AvgIpc) is 2.37. The number of sulfonamides is 1. The van der Waals surface area contributed by atoms with E-state index < -0.39 is 20.7 Å². The molecule has 0 saturated carbocycles. The van der Waals surface area contributed by atoms with Gasteiger partial charge in [0.05, 0.1) is 7.11 Å². The fourth-order valence-corrected chi connectivity index (χ4v) is 2.55. The van der Waals surface area contributed by atoms with Gasteiger partial charge in [-0.3, -0.25) is 0 Å². The lowest BCUT2D eigenvalue weighted by molar-refractivity contribution is 0.397. The number of benzene rings is 1. The van der Waals surface area contributed by atoms with E-state index in [1.165, 1.54) is 19.2 Å². The first-order valence-electron chi connectivity index (χ1n) is 5.59. The summed E-state index contributed by atoms with van der Waals surface area (Å²) in [5.41, 5.74) is 0.517. The third-order valence-corrected chi connectivity index (χ3v) is 3.75. The van der Waals surface area contributed by atoms with E-state index in [0.29, 0.717) is 5.69 Å². The summed E-state index contributed by atoms with van der Waals surface area (Å²) in [6.07, 6.45) is 0. The van der Waals surface area contributed by atoms with Gasteiger partial charge in [0, 0.05) is 11.8 Å². The third-order valence-electron chi connectivity index (χ3n) is 2.39. The number of aryl methyl sites for hydroxylation is 1. The zero-order chi connectivity index (χ0) is 14.8. The normalized spacial score (nSPS) is 11.2. The van der Waals surface area contributed by atoms with Gasteiger partial charge >= 0.3 is 0 Å². The smallest absolute Gasteiger partial charge is 0.267 e. The lowest BCUT2D eigenvalue weighted by Gasteiger charge is -2.09. The van der Waals surface area contributed by atoms with Crippen LogP contribution in [0, 0.1) is 12.7 Å². The first-order valence-corrected chi connectivity index (χ1v) is 7.08. The number of ether oxygens (including phenoxy) is 1. The molecule has 0 aliphatic rings. The number of rotatable bonds is 4. The van der Waals surface area contributed by atoms with Crippen molar-refractivity contribution in [3.63, 3.8) is 0 Å². The van der Waals surface area contributed by atoms with Crippen LogP contribution in [0.5, 0.6) is 5.88 Å². The first-order chi connectivity index (χ1) is 9.42. The van der Waals surface area contributed by atoms with E-state index in [-0.39, 0.29) is 11.8 Å². The van der Waals surface area contributed by atoms with Crippen molar-refractivity contribution in [2.75, 3.05) is 11.8 Å². The number of hydrogen-bond acceptors (Lipinski definition) is 5. The largest absolute Gasteiger partial charge is 0.481 e. The van der Waals surface area contributed by atoms with Gasteiger partial charge in [-0.25, -0.2) is 22.5 Å². The van der Waals surface area contributed by atoms with E-state index >= 15 is 0 Å². The van der Waals surface area contributed by atoms with Crippen LogP contribution in [0.2, 0.25) is 0 Å². The molecule has 0 saturated heterocycles. The lowest BCUT2D eigenvalue weighted by Crippen LogP contribution is -2.16. The molecule has 0 fully saturated rings. The summed E-state index contributed by atoms with van der Waals surface area (Å²) in [6, 6.07) is 6.59. The Morgan fingerprint density at radius 1 is 1.25 bits per heavy atom. The molecule has 0 radical (unpaired) electrons. The number of hydrogen-bond donors (Lipinski definition) is 1. The molecule has 0 aliphatic heterocycles. The lowest BCUT2D eigenvalue weighted by atomic mass is 10.4. The SMILES string of the molecule is COc1cc(C)nc(NS(=O)(=O)c2ccccc2F)n1. The van der Waals surface area contributed by atoms with Crippen LogP contribution in [-0.4, -0.2) is 25.5 Å². The van der Waals surface area contributed by atoms with E-state index in [1.807, 2.05) is 0 Å². The van der Waals surface area contributed by atoms with Crippen LogP contribution < -0.4 is 9.46 Å². The molecule has 2 aromatic rings. The quantitative estimate of drug-likeness (QED) is 0.929. The fraction of sp³-hybridized carbons (Fsp3) is 0.167. The van der Waals surface area contributed by atoms with E-state index in [1.54, 1.807) is 13.0 Å². The van der Waals surface area contributed by atoms with Gasteiger partial charge in [-0.1, -0.05) is 12.1 Å². The number of nitrogens with zero attached hydrogens (tertiary/aromatic N) is 2. The molecule has 106 valence electrons. The van der Waals surface area contributed by atoms with E-state index in [4.69, 9.17) is 4.74 Å². The molecular formula is C12H12FN3O3S. The number of anilines is 1. The monoisotopic (exact) mass is 297 g/mol. The Labute approximate surface area is 115 Å². The Morgan fingerprint density at radius 2 is 1.95 bits per heavy atom. The van der Waals surface area contributed by atoms with Crippen LogP contribution in [0.4, 0.5) is 10.3 Å². The van der Waals surface area contributed by atoms with Crippen molar-refractivity contribution in [2.45, 2.75) is 11.8 Å². The van der Waals surface area contributed by atoms with Crippen molar-refractivity contribution in [1.29, 1.82) is 0 Å². The molecule has 20 heavy (non-hydrogen) atoms. The van der Waals surface area contributed by atoms with Gasteiger partial charge in [-0.15, -0.1) is 0 Å². The molecule has 2 rings (SSSR count). The van der Waals surface area contributed by atoms with Gasteiger partial charge in [0.25, 0.3) is 10.0 Å². The maximum atomic E-state index is 13.5. The molecule has 1 aromatic heterocycles. The van der Waals surface area contributed by atoms with Gasteiger partial charge in [0.15, 0.2) is 0 Å². The summed E-state index contributed by atoms with van der Waals surface area (Å²) in [5, 5.41) is 0. The molecule has 1 heterocycles. The zero-order valence-corrected chi connectivity index (χ0v) is 11.6. The molecule has 0 aliphatic carbocycles. The molecule has 6 nitrogen and oxygen atoms in total. The summed E-state index contributed by atoms with van der Waals surface area (Å²) < 4.78 is 44.7. The Bertz CT molecular complexity index is 734. The average molecular weight is 297 g/mol. The molecule has 0 amide bonds. The third kappa shape index (κ3) is 3.02. The minimum atomic E-state index is -4.09. The van der Waals surface area contributed by atoms with Crippen molar-refractivity contribution in [2.24, 2.45) is 0 Å². The summed E-state index contributed by atoms with van der Waals surface area (Å²) in [7, 11) is -2.69. The molecule has 0 atom stereocenters. The molecule has 8 heteroatoms. The van der Waals surface area contributed by atoms with Crippen LogP contribution in [-0.2, 0) is 10.0 Å². The summed E-state index contributed by atoms with van der Waals surface area (Å²) >= 11 is 0. The molecule has 0 bridgehead atoms. The first kappa shape index (κ1) is 14.2. The second kappa shape index (κ2) is 5.41. The van der Waals surface area contributed by atoms with Crippen molar-refractivity contribution >= 4 is 16.0 Å². The highest BCUT2D eigenvalue weighted by atomic mass is 32.2. The maximum Gasteiger partial charge on any atom is 0.267 e. The zero-order valence-electron chi connectivity index (χ0n) is 10.8. The highest BCUT2D eigenvalue weighted by molar-refractivity contribution is 7.92. The van der Waals surface area contributed by atoms with Crippen LogP contribution in [0.15, 0.2) is 35.2 Å². The van der Waals surface area contributed by atoms with Crippen LogP contribution in [0.1, 0.15) is 5.69 Å². The van der Waals surface area contributed by atoms with Crippen molar-refractivity contribution in [1.82, 2.24) is 9.97 Å². The molecule has 1 aromatic carbocycles. The molecule has 1 N–H and O–H groups in total. The van der Waals surface area contributed by atoms with E-state index in [0.717, 1.165) is 12.1 Å². The van der Waals surface area contributed by atoms with Crippen molar-refractivity contribution < 1.29 is 17.5 Å².